The molecule has 0 fully saturated rings. The van der Waals surface area contributed by atoms with Gasteiger partial charge in [0.15, 0.2) is 5.78 Å². The van der Waals surface area contributed by atoms with Gasteiger partial charge in [-0.05, 0) is 50.5 Å². The second-order valence-corrected chi connectivity index (χ2v) is 5.26. The van der Waals surface area contributed by atoms with Gasteiger partial charge in [0.2, 0.25) is 6.41 Å². The molecule has 0 saturated heterocycles. The van der Waals surface area contributed by atoms with Gasteiger partial charge in [0.1, 0.15) is 0 Å². The van der Waals surface area contributed by atoms with Crippen molar-refractivity contribution in [2.75, 3.05) is 5.32 Å². The van der Waals surface area contributed by atoms with E-state index in [1.54, 1.807) is 24.3 Å². The third-order valence-electron chi connectivity index (χ3n) is 3.54. The summed E-state index contributed by atoms with van der Waals surface area (Å²) >= 11 is 0. The van der Waals surface area contributed by atoms with Gasteiger partial charge in [0.05, 0.1) is 5.69 Å². The average Bonchev–Trinajstić information content (AvgIpc) is 2.60. The summed E-state index contributed by atoms with van der Waals surface area (Å²) in [5.74, 6) is -0.117. The highest BCUT2D eigenvalue weighted by atomic mass is 16.1. The van der Waals surface area contributed by atoms with Gasteiger partial charge in [-0.2, -0.15) is 0 Å². The van der Waals surface area contributed by atoms with E-state index < -0.39 is 0 Å². The standard InChI is InChI=1S/C20H23NO2.C2H6/c1-6-8-9-17(7-2)18(23)12-16(5)19-14(3)10-11-15(4)20(19)21-13-22;1-2/h6-13H,2H2,1,3-5H3,(H,21,22);1-2H3/b8-6-,16-12+,17-9+;. The van der Waals surface area contributed by atoms with E-state index in [-0.39, 0.29) is 5.78 Å². The minimum atomic E-state index is -0.117. The fourth-order valence-electron chi connectivity index (χ4n) is 2.37. The van der Waals surface area contributed by atoms with Crippen LogP contribution in [-0.4, -0.2) is 12.2 Å². The lowest BCUT2D eigenvalue weighted by molar-refractivity contribution is -0.111. The molecule has 0 spiro atoms. The third-order valence-corrected chi connectivity index (χ3v) is 3.54. The van der Waals surface area contributed by atoms with Gasteiger partial charge in [-0.15, -0.1) is 0 Å². The fraction of sp³-hybridized carbons (Fsp3) is 0.273. The zero-order valence-electron chi connectivity index (χ0n) is 16.1. The van der Waals surface area contributed by atoms with Crippen LogP contribution < -0.4 is 5.32 Å². The Morgan fingerprint density at radius 3 is 2.28 bits per heavy atom. The SMILES string of the molecule is C=C/C(=C\C=C/C)C(=O)/C=C(\C)c1c(C)ccc(C)c1NC=O.CC. The quantitative estimate of drug-likeness (QED) is 0.401. The van der Waals surface area contributed by atoms with Crippen molar-refractivity contribution in [2.45, 2.75) is 41.5 Å². The molecule has 0 bridgehead atoms. The fourth-order valence-corrected chi connectivity index (χ4v) is 2.37. The molecule has 134 valence electrons. The van der Waals surface area contributed by atoms with Gasteiger partial charge in [-0.3, -0.25) is 9.59 Å². The first-order valence-electron chi connectivity index (χ1n) is 8.45. The summed E-state index contributed by atoms with van der Waals surface area (Å²) in [6, 6.07) is 3.92. The minimum absolute atomic E-state index is 0.117. The molecule has 0 aliphatic rings. The van der Waals surface area contributed by atoms with E-state index >= 15 is 0 Å². The van der Waals surface area contributed by atoms with Crippen molar-refractivity contribution in [3.63, 3.8) is 0 Å². The molecule has 0 atom stereocenters. The van der Waals surface area contributed by atoms with Gasteiger partial charge < -0.3 is 5.32 Å². The number of anilines is 1. The molecule has 0 radical (unpaired) electrons. The van der Waals surface area contributed by atoms with E-state index in [1.165, 1.54) is 0 Å². The number of amides is 1. The van der Waals surface area contributed by atoms with Gasteiger partial charge in [-0.25, -0.2) is 0 Å². The second kappa shape index (κ2) is 11.8. The largest absolute Gasteiger partial charge is 0.328 e. The molecule has 0 aliphatic carbocycles. The van der Waals surface area contributed by atoms with E-state index in [4.69, 9.17) is 0 Å². The Morgan fingerprint density at radius 1 is 1.16 bits per heavy atom. The summed E-state index contributed by atoms with van der Waals surface area (Å²) in [5.41, 5.74) is 4.89. The van der Waals surface area contributed by atoms with E-state index in [2.05, 4.69) is 11.9 Å². The van der Waals surface area contributed by atoms with E-state index in [0.29, 0.717) is 12.0 Å². The topological polar surface area (TPSA) is 46.2 Å². The summed E-state index contributed by atoms with van der Waals surface area (Å²) in [5, 5.41) is 2.74. The van der Waals surface area contributed by atoms with Gasteiger partial charge in [-0.1, -0.05) is 56.9 Å². The molecule has 0 aliphatic heterocycles. The van der Waals surface area contributed by atoms with E-state index in [9.17, 15) is 9.59 Å². The molecule has 1 amide bonds. The predicted molar refractivity (Wildman–Crippen MR) is 109 cm³/mol. The smallest absolute Gasteiger partial charge is 0.211 e. The lowest BCUT2D eigenvalue weighted by Gasteiger charge is -2.15. The van der Waals surface area contributed by atoms with Crippen molar-refractivity contribution in [1.29, 1.82) is 0 Å². The Morgan fingerprint density at radius 2 is 1.76 bits per heavy atom. The molecular formula is C22H29NO2. The van der Waals surface area contributed by atoms with Crippen LogP contribution in [0.25, 0.3) is 5.57 Å². The van der Waals surface area contributed by atoms with Crippen molar-refractivity contribution < 1.29 is 9.59 Å². The van der Waals surface area contributed by atoms with E-state index in [0.717, 1.165) is 28.0 Å². The summed E-state index contributed by atoms with van der Waals surface area (Å²) in [6.07, 6.45) is 9.16. The van der Waals surface area contributed by atoms with Crippen molar-refractivity contribution in [2.24, 2.45) is 0 Å². The zero-order chi connectivity index (χ0) is 19.4. The molecule has 0 aromatic heterocycles. The number of allylic oxidation sites excluding steroid dienone is 7. The van der Waals surface area contributed by atoms with Crippen LogP contribution in [0.1, 0.15) is 44.4 Å². The Balaban J connectivity index is 0.00000277. The number of ketones is 1. The molecule has 25 heavy (non-hydrogen) atoms. The van der Waals surface area contributed by atoms with Crippen LogP contribution in [0.3, 0.4) is 0 Å². The minimum Gasteiger partial charge on any atom is -0.328 e. The highest BCUT2D eigenvalue weighted by Gasteiger charge is 2.12. The first-order chi connectivity index (χ1) is 12.0. The molecule has 0 saturated carbocycles. The molecule has 0 heterocycles. The van der Waals surface area contributed by atoms with Crippen LogP contribution in [0.5, 0.6) is 0 Å². The molecular weight excluding hydrogens is 310 g/mol. The van der Waals surface area contributed by atoms with Crippen LogP contribution in [0, 0.1) is 13.8 Å². The maximum absolute atomic E-state index is 12.4. The van der Waals surface area contributed by atoms with Gasteiger partial charge in [0, 0.05) is 11.1 Å². The van der Waals surface area contributed by atoms with Crippen LogP contribution in [-0.2, 0) is 9.59 Å². The van der Waals surface area contributed by atoms with Crippen molar-refractivity contribution in [3.05, 3.63) is 71.4 Å². The summed E-state index contributed by atoms with van der Waals surface area (Å²) in [4.78, 5) is 23.3. The lowest BCUT2D eigenvalue weighted by atomic mass is 9.95. The van der Waals surface area contributed by atoms with Gasteiger partial charge in [0.25, 0.3) is 0 Å². The maximum Gasteiger partial charge on any atom is 0.211 e. The Kier molecular flexibility index (Phi) is 10.5. The normalized spacial score (nSPS) is 11.6. The van der Waals surface area contributed by atoms with Crippen LogP contribution >= 0.6 is 0 Å². The Labute approximate surface area is 151 Å². The third kappa shape index (κ3) is 6.38. The number of aryl methyl sites for hydroxylation is 2. The predicted octanol–water partition coefficient (Wildman–Crippen LogP) is 5.56. The number of carbonyl (C=O) groups excluding carboxylic acids is 2. The molecule has 1 aromatic carbocycles. The molecule has 1 rings (SSSR count). The number of rotatable bonds is 7. The highest BCUT2D eigenvalue weighted by Crippen LogP contribution is 2.30. The first-order valence-corrected chi connectivity index (χ1v) is 8.45. The second-order valence-electron chi connectivity index (χ2n) is 5.26. The maximum atomic E-state index is 12.4. The summed E-state index contributed by atoms with van der Waals surface area (Å²) in [7, 11) is 0. The summed E-state index contributed by atoms with van der Waals surface area (Å²) < 4.78 is 0. The van der Waals surface area contributed by atoms with Crippen LogP contribution in [0.15, 0.2) is 54.7 Å². The lowest BCUT2D eigenvalue weighted by Crippen LogP contribution is -2.04. The van der Waals surface area contributed by atoms with Crippen molar-refractivity contribution in [3.8, 4) is 0 Å². The molecule has 1 aromatic rings. The number of nitrogens with one attached hydrogen (secondary N) is 1. The van der Waals surface area contributed by atoms with Gasteiger partial charge >= 0.3 is 0 Å². The molecule has 3 nitrogen and oxygen atoms in total. The zero-order valence-corrected chi connectivity index (χ0v) is 16.1. The number of carbonyl (C=O) groups is 2. The number of hydrogen-bond acceptors (Lipinski definition) is 2. The monoisotopic (exact) mass is 339 g/mol. The summed E-state index contributed by atoms with van der Waals surface area (Å²) in [6.45, 7) is 15.3. The van der Waals surface area contributed by atoms with Crippen LogP contribution in [0.4, 0.5) is 5.69 Å². The number of hydrogen-bond donors (Lipinski definition) is 1. The van der Waals surface area contributed by atoms with E-state index in [1.807, 2.05) is 59.8 Å². The molecule has 1 N–H and O–H groups in total. The number of benzene rings is 1. The first kappa shape index (κ1) is 22.3. The highest BCUT2D eigenvalue weighted by molar-refractivity contribution is 6.10. The van der Waals surface area contributed by atoms with Crippen molar-refractivity contribution in [1.82, 2.24) is 0 Å². The average molecular weight is 339 g/mol. The van der Waals surface area contributed by atoms with Crippen LogP contribution in [0.2, 0.25) is 0 Å². The van der Waals surface area contributed by atoms with Crippen molar-refractivity contribution >= 4 is 23.5 Å². The molecule has 3 heteroatoms. The molecule has 0 unspecified atom stereocenters. The Hall–Kier alpha value is -2.68. The Bertz CT molecular complexity index is 707.